The van der Waals surface area contributed by atoms with Crippen molar-refractivity contribution in [2.24, 2.45) is 11.7 Å². The van der Waals surface area contributed by atoms with Gasteiger partial charge in [0.1, 0.15) is 0 Å². The number of aryl methyl sites for hydroxylation is 1. The lowest BCUT2D eigenvalue weighted by molar-refractivity contribution is -0.134. The van der Waals surface area contributed by atoms with Gasteiger partial charge in [-0.1, -0.05) is 6.42 Å². The summed E-state index contributed by atoms with van der Waals surface area (Å²) in [4.78, 5) is 22.5. The molecule has 1 aliphatic heterocycles. The lowest BCUT2D eigenvalue weighted by Gasteiger charge is -2.35. The lowest BCUT2D eigenvalue weighted by Crippen LogP contribution is -2.48. The summed E-state index contributed by atoms with van der Waals surface area (Å²) in [6.07, 6.45) is 6.01. The van der Waals surface area contributed by atoms with Crippen LogP contribution in [0.2, 0.25) is 0 Å². The summed E-state index contributed by atoms with van der Waals surface area (Å²) in [5, 5.41) is 1.12. The summed E-state index contributed by atoms with van der Waals surface area (Å²) < 4.78 is 0. The summed E-state index contributed by atoms with van der Waals surface area (Å²) in [5.41, 5.74) is 6.08. The van der Waals surface area contributed by atoms with Gasteiger partial charge in [-0.3, -0.25) is 9.69 Å². The number of carbonyl (C=O) groups is 1. The van der Waals surface area contributed by atoms with Crippen LogP contribution >= 0.6 is 48.6 Å². The van der Waals surface area contributed by atoms with Crippen molar-refractivity contribution in [1.82, 2.24) is 14.8 Å². The number of nitrogens with zero attached hydrogens (tertiary/aromatic N) is 3. The summed E-state index contributed by atoms with van der Waals surface area (Å²) in [5.74, 6) is 0.710. The third kappa shape index (κ3) is 6.85. The van der Waals surface area contributed by atoms with E-state index in [1.165, 1.54) is 11.3 Å². The molecule has 0 spiro atoms. The van der Waals surface area contributed by atoms with Gasteiger partial charge in [-0.15, -0.1) is 48.6 Å². The van der Waals surface area contributed by atoms with Crippen LogP contribution in [0, 0.1) is 12.8 Å². The third-order valence-corrected chi connectivity index (χ3v) is 5.83. The fourth-order valence-electron chi connectivity index (χ4n) is 3.53. The van der Waals surface area contributed by atoms with E-state index in [1.54, 1.807) is 11.3 Å². The van der Waals surface area contributed by atoms with Gasteiger partial charge in [0.05, 0.1) is 5.01 Å². The Morgan fingerprint density at radius 2 is 1.92 bits per heavy atom. The van der Waals surface area contributed by atoms with Crippen molar-refractivity contribution < 1.29 is 4.79 Å². The maximum atomic E-state index is 12.4. The molecule has 25 heavy (non-hydrogen) atoms. The Hall–Kier alpha value is -0.110. The number of thiazole rings is 1. The van der Waals surface area contributed by atoms with Crippen molar-refractivity contribution in [1.29, 1.82) is 0 Å². The Kier molecular flexibility index (Phi) is 11.5. The van der Waals surface area contributed by atoms with E-state index in [0.717, 1.165) is 50.6 Å². The molecule has 2 heterocycles. The normalized spacial score (nSPS) is 23.4. The van der Waals surface area contributed by atoms with Crippen molar-refractivity contribution in [3.8, 4) is 0 Å². The molecule has 2 N–H and O–H groups in total. The molecule has 3 rings (SSSR count). The third-order valence-electron chi connectivity index (χ3n) is 4.93. The molecule has 1 saturated heterocycles. The Bertz CT molecular complexity index is 523. The van der Waals surface area contributed by atoms with Crippen molar-refractivity contribution in [3.05, 3.63) is 16.1 Å². The van der Waals surface area contributed by atoms with Crippen LogP contribution in [0.1, 0.15) is 35.6 Å². The number of carbonyl (C=O) groups excluding carboxylic acids is 1. The predicted molar refractivity (Wildman–Crippen MR) is 110 cm³/mol. The second-order valence-corrected chi connectivity index (χ2v) is 7.88. The standard InChI is InChI=1S/C16H26N4OS.3ClH/c1-12-18-10-14(22-12)11-19-5-7-20(8-6-19)16(21)9-13-3-2-4-15(13)17;;;/h10,13,15H,2-9,11,17H2,1H3;3*1H/t13-,15+;;;/m0.../s1. The molecule has 1 aromatic heterocycles. The maximum Gasteiger partial charge on any atom is 0.222 e. The fourth-order valence-corrected chi connectivity index (χ4v) is 4.36. The van der Waals surface area contributed by atoms with Gasteiger partial charge in [-0.2, -0.15) is 0 Å². The highest BCUT2D eigenvalue weighted by Gasteiger charge is 2.29. The first kappa shape index (κ1) is 24.9. The number of amides is 1. The van der Waals surface area contributed by atoms with Crippen LogP contribution in [0.5, 0.6) is 0 Å². The van der Waals surface area contributed by atoms with E-state index in [4.69, 9.17) is 5.73 Å². The van der Waals surface area contributed by atoms with Crippen LogP contribution < -0.4 is 5.73 Å². The average molecular weight is 432 g/mol. The summed E-state index contributed by atoms with van der Waals surface area (Å²) >= 11 is 1.76. The smallest absolute Gasteiger partial charge is 0.222 e. The van der Waals surface area contributed by atoms with Gasteiger partial charge >= 0.3 is 0 Å². The van der Waals surface area contributed by atoms with Crippen molar-refractivity contribution >= 4 is 54.5 Å². The SMILES string of the molecule is Cc1ncc(CN2CCN(C(=O)C[C@@H]3CCC[C@H]3N)CC2)s1.Cl.Cl.Cl. The molecular weight excluding hydrogens is 403 g/mol. The zero-order valence-electron chi connectivity index (χ0n) is 14.6. The Morgan fingerprint density at radius 3 is 2.44 bits per heavy atom. The highest BCUT2D eigenvalue weighted by Crippen LogP contribution is 2.27. The van der Waals surface area contributed by atoms with E-state index >= 15 is 0 Å². The van der Waals surface area contributed by atoms with Gasteiger partial charge < -0.3 is 10.6 Å². The molecule has 2 atom stereocenters. The molecule has 2 aliphatic rings. The van der Waals surface area contributed by atoms with E-state index in [9.17, 15) is 4.79 Å². The number of aromatic nitrogens is 1. The minimum absolute atomic E-state index is 0. The van der Waals surface area contributed by atoms with Crippen LogP contribution in [-0.2, 0) is 11.3 Å². The zero-order chi connectivity index (χ0) is 15.5. The first-order valence-corrected chi connectivity index (χ1v) is 9.10. The van der Waals surface area contributed by atoms with Gasteiger partial charge in [0.2, 0.25) is 5.91 Å². The molecule has 1 aliphatic carbocycles. The molecule has 0 aromatic carbocycles. The van der Waals surface area contributed by atoms with Gasteiger partial charge in [-0.05, 0) is 25.7 Å². The van der Waals surface area contributed by atoms with E-state index in [0.29, 0.717) is 18.2 Å². The second kappa shape index (κ2) is 11.6. The molecule has 146 valence electrons. The Morgan fingerprint density at radius 1 is 1.24 bits per heavy atom. The largest absolute Gasteiger partial charge is 0.340 e. The van der Waals surface area contributed by atoms with Crippen LogP contribution in [0.25, 0.3) is 0 Å². The molecule has 5 nitrogen and oxygen atoms in total. The number of hydrogen-bond donors (Lipinski definition) is 1. The van der Waals surface area contributed by atoms with Crippen LogP contribution in [0.4, 0.5) is 0 Å². The molecule has 1 amide bonds. The summed E-state index contributed by atoms with van der Waals surface area (Å²) in [7, 11) is 0. The lowest BCUT2D eigenvalue weighted by atomic mass is 9.99. The van der Waals surface area contributed by atoms with E-state index in [1.807, 2.05) is 18.0 Å². The zero-order valence-corrected chi connectivity index (χ0v) is 17.8. The first-order chi connectivity index (χ1) is 10.6. The van der Waals surface area contributed by atoms with Gasteiger partial charge in [-0.25, -0.2) is 4.98 Å². The molecule has 9 heteroatoms. The fraction of sp³-hybridized carbons (Fsp3) is 0.750. The molecule has 1 saturated carbocycles. The average Bonchev–Trinajstić information content (AvgIpc) is 3.09. The minimum atomic E-state index is 0. The number of rotatable bonds is 4. The highest BCUT2D eigenvalue weighted by molar-refractivity contribution is 7.11. The van der Waals surface area contributed by atoms with Gasteiger partial charge in [0, 0.05) is 56.3 Å². The highest BCUT2D eigenvalue weighted by atomic mass is 35.5. The van der Waals surface area contributed by atoms with Gasteiger partial charge in [0.25, 0.3) is 0 Å². The topological polar surface area (TPSA) is 62.5 Å². The number of nitrogens with two attached hydrogens (primary N) is 1. The van der Waals surface area contributed by atoms with Crippen molar-refractivity contribution in [3.63, 3.8) is 0 Å². The maximum absolute atomic E-state index is 12.4. The van der Waals surface area contributed by atoms with E-state index in [-0.39, 0.29) is 43.3 Å². The van der Waals surface area contributed by atoms with E-state index in [2.05, 4.69) is 9.88 Å². The molecule has 2 fully saturated rings. The predicted octanol–water partition coefficient (Wildman–Crippen LogP) is 2.88. The van der Waals surface area contributed by atoms with Crippen LogP contribution in [0.3, 0.4) is 0 Å². The Balaban J connectivity index is 0.00000192. The minimum Gasteiger partial charge on any atom is -0.340 e. The second-order valence-electron chi connectivity index (χ2n) is 6.56. The monoisotopic (exact) mass is 430 g/mol. The number of hydrogen-bond acceptors (Lipinski definition) is 5. The van der Waals surface area contributed by atoms with Gasteiger partial charge in [0.15, 0.2) is 0 Å². The molecule has 1 aromatic rings. The molecule has 0 radical (unpaired) electrons. The summed E-state index contributed by atoms with van der Waals surface area (Å²) in [6.45, 7) is 6.61. The first-order valence-electron chi connectivity index (χ1n) is 8.29. The quantitative estimate of drug-likeness (QED) is 0.796. The summed E-state index contributed by atoms with van der Waals surface area (Å²) in [6, 6.07) is 0.236. The Labute approximate surface area is 173 Å². The molecule has 0 bridgehead atoms. The molecular formula is C16H29Cl3N4OS. The number of halogens is 3. The molecule has 0 unspecified atom stereocenters. The van der Waals surface area contributed by atoms with Crippen molar-refractivity contribution in [2.45, 2.75) is 45.2 Å². The van der Waals surface area contributed by atoms with Crippen LogP contribution in [0.15, 0.2) is 6.20 Å². The number of piperazine rings is 1. The van der Waals surface area contributed by atoms with Crippen molar-refractivity contribution in [2.75, 3.05) is 26.2 Å². The van der Waals surface area contributed by atoms with E-state index < -0.39 is 0 Å². The van der Waals surface area contributed by atoms with Crippen LogP contribution in [-0.4, -0.2) is 52.9 Å².